The first-order valence-corrected chi connectivity index (χ1v) is 4.15. The van der Waals surface area contributed by atoms with Crippen molar-refractivity contribution < 1.29 is 5.11 Å². The van der Waals surface area contributed by atoms with Gasteiger partial charge in [0.2, 0.25) is 0 Å². The van der Waals surface area contributed by atoms with Crippen molar-refractivity contribution in [3.8, 4) is 12.3 Å². The maximum Gasteiger partial charge on any atom is 0.0573 e. The smallest absolute Gasteiger partial charge is 0.0573 e. The number of aliphatic hydroxyl groups excluding tert-OH is 1. The predicted octanol–water partition coefficient (Wildman–Crippen LogP) is 0.370. The minimum absolute atomic E-state index is 0.0624. The third-order valence-corrected chi connectivity index (χ3v) is 2.17. The van der Waals surface area contributed by atoms with Crippen LogP contribution in [-0.4, -0.2) is 24.3 Å². The molecule has 2 N–H and O–H groups in total. The molecular weight excluding hydrogens is 138 g/mol. The van der Waals surface area contributed by atoms with E-state index in [4.69, 9.17) is 6.42 Å². The van der Waals surface area contributed by atoms with E-state index in [0.29, 0.717) is 12.5 Å². The van der Waals surface area contributed by atoms with Crippen LogP contribution in [0.25, 0.3) is 0 Å². The van der Waals surface area contributed by atoms with Crippen LogP contribution in [0.3, 0.4) is 0 Å². The highest BCUT2D eigenvalue weighted by molar-refractivity contribution is 4.87. The Labute approximate surface area is 68.0 Å². The molecule has 1 aliphatic carbocycles. The van der Waals surface area contributed by atoms with Gasteiger partial charge in [0.05, 0.1) is 12.6 Å². The first-order valence-electron chi connectivity index (χ1n) is 4.15. The molecule has 0 spiro atoms. The number of aliphatic hydroxyl groups is 1. The molecule has 0 heterocycles. The predicted molar refractivity (Wildman–Crippen MR) is 45.1 cm³/mol. The molecule has 0 saturated heterocycles. The fourth-order valence-corrected chi connectivity index (χ4v) is 1.58. The second-order valence-corrected chi connectivity index (χ2v) is 3.17. The zero-order valence-corrected chi connectivity index (χ0v) is 6.71. The number of terminal acetylenes is 1. The fraction of sp³-hybridized carbons (Fsp3) is 0.778. The quantitative estimate of drug-likeness (QED) is 0.453. The normalized spacial score (nSPS) is 30.2. The van der Waals surface area contributed by atoms with Crippen LogP contribution < -0.4 is 5.32 Å². The van der Waals surface area contributed by atoms with Gasteiger partial charge in [-0.05, 0) is 31.7 Å². The highest BCUT2D eigenvalue weighted by Crippen LogP contribution is 2.24. The van der Waals surface area contributed by atoms with Crippen molar-refractivity contribution in [3.05, 3.63) is 0 Å². The van der Waals surface area contributed by atoms with E-state index in [1.165, 1.54) is 0 Å². The van der Waals surface area contributed by atoms with Crippen LogP contribution in [-0.2, 0) is 0 Å². The zero-order chi connectivity index (χ0) is 8.10. The zero-order valence-electron chi connectivity index (χ0n) is 6.71. The SMILES string of the molecule is C#CCNCC1CCC(O)C1. The van der Waals surface area contributed by atoms with Crippen LogP contribution in [0.5, 0.6) is 0 Å². The van der Waals surface area contributed by atoms with Crippen molar-refractivity contribution in [3.63, 3.8) is 0 Å². The highest BCUT2D eigenvalue weighted by atomic mass is 16.3. The molecule has 2 atom stereocenters. The van der Waals surface area contributed by atoms with E-state index >= 15 is 0 Å². The van der Waals surface area contributed by atoms with Crippen molar-refractivity contribution in [1.29, 1.82) is 0 Å². The van der Waals surface area contributed by atoms with E-state index in [2.05, 4.69) is 11.2 Å². The van der Waals surface area contributed by atoms with Gasteiger partial charge in [-0.3, -0.25) is 0 Å². The van der Waals surface area contributed by atoms with Gasteiger partial charge in [-0.15, -0.1) is 6.42 Å². The topological polar surface area (TPSA) is 32.3 Å². The molecule has 11 heavy (non-hydrogen) atoms. The Morgan fingerprint density at radius 2 is 2.36 bits per heavy atom. The molecule has 2 nitrogen and oxygen atoms in total. The van der Waals surface area contributed by atoms with Crippen LogP contribution in [0.15, 0.2) is 0 Å². The monoisotopic (exact) mass is 153 g/mol. The molecular formula is C9H15NO. The van der Waals surface area contributed by atoms with Gasteiger partial charge >= 0.3 is 0 Å². The van der Waals surface area contributed by atoms with E-state index in [-0.39, 0.29) is 6.10 Å². The van der Waals surface area contributed by atoms with Crippen molar-refractivity contribution in [2.75, 3.05) is 13.1 Å². The summed E-state index contributed by atoms with van der Waals surface area (Å²) < 4.78 is 0. The van der Waals surface area contributed by atoms with Crippen molar-refractivity contribution in [1.82, 2.24) is 5.32 Å². The van der Waals surface area contributed by atoms with Crippen LogP contribution in [0, 0.1) is 18.3 Å². The number of hydrogen-bond donors (Lipinski definition) is 2. The van der Waals surface area contributed by atoms with Crippen molar-refractivity contribution in [2.45, 2.75) is 25.4 Å². The second kappa shape index (κ2) is 4.38. The maximum atomic E-state index is 9.19. The molecule has 0 aliphatic heterocycles. The van der Waals surface area contributed by atoms with Gasteiger partial charge in [0.25, 0.3) is 0 Å². The molecule has 0 aromatic rings. The summed E-state index contributed by atoms with van der Waals surface area (Å²) in [4.78, 5) is 0. The Kier molecular flexibility index (Phi) is 3.41. The molecule has 1 saturated carbocycles. The lowest BCUT2D eigenvalue weighted by molar-refractivity contribution is 0.177. The lowest BCUT2D eigenvalue weighted by Gasteiger charge is -2.07. The fourth-order valence-electron chi connectivity index (χ4n) is 1.58. The number of hydrogen-bond acceptors (Lipinski definition) is 2. The summed E-state index contributed by atoms with van der Waals surface area (Å²) >= 11 is 0. The van der Waals surface area contributed by atoms with Gasteiger partial charge in [-0.25, -0.2) is 0 Å². The minimum Gasteiger partial charge on any atom is -0.393 e. The summed E-state index contributed by atoms with van der Waals surface area (Å²) in [7, 11) is 0. The molecule has 1 aliphatic rings. The average Bonchev–Trinajstić information content (AvgIpc) is 2.37. The Morgan fingerprint density at radius 1 is 1.55 bits per heavy atom. The Hall–Kier alpha value is -0.520. The molecule has 0 amide bonds. The second-order valence-electron chi connectivity index (χ2n) is 3.17. The van der Waals surface area contributed by atoms with E-state index in [1.807, 2.05) is 0 Å². The highest BCUT2D eigenvalue weighted by Gasteiger charge is 2.21. The first-order chi connectivity index (χ1) is 5.33. The van der Waals surface area contributed by atoms with Crippen molar-refractivity contribution >= 4 is 0 Å². The minimum atomic E-state index is -0.0624. The summed E-state index contributed by atoms with van der Waals surface area (Å²) in [6.45, 7) is 1.61. The largest absolute Gasteiger partial charge is 0.393 e. The third kappa shape index (κ3) is 2.92. The van der Waals surface area contributed by atoms with Gasteiger partial charge in [-0.2, -0.15) is 0 Å². The summed E-state index contributed by atoms with van der Waals surface area (Å²) in [5.74, 6) is 3.17. The molecule has 0 bridgehead atoms. The van der Waals surface area contributed by atoms with Crippen LogP contribution in [0.4, 0.5) is 0 Å². The van der Waals surface area contributed by atoms with E-state index in [0.717, 1.165) is 25.8 Å². The van der Waals surface area contributed by atoms with Crippen LogP contribution >= 0.6 is 0 Å². The molecule has 0 aromatic carbocycles. The Bertz CT molecular complexity index is 150. The summed E-state index contributed by atoms with van der Waals surface area (Å²) in [5.41, 5.74) is 0. The standard InChI is InChI=1S/C9H15NO/c1-2-5-10-7-8-3-4-9(11)6-8/h1,8-11H,3-7H2. The van der Waals surface area contributed by atoms with E-state index in [9.17, 15) is 5.11 Å². The number of nitrogens with one attached hydrogen (secondary N) is 1. The van der Waals surface area contributed by atoms with Crippen LogP contribution in [0.1, 0.15) is 19.3 Å². The van der Waals surface area contributed by atoms with Crippen molar-refractivity contribution in [2.24, 2.45) is 5.92 Å². The molecule has 0 radical (unpaired) electrons. The van der Waals surface area contributed by atoms with Crippen LogP contribution in [0.2, 0.25) is 0 Å². The molecule has 1 rings (SSSR count). The lowest BCUT2D eigenvalue weighted by Crippen LogP contribution is -2.21. The molecule has 2 heteroatoms. The van der Waals surface area contributed by atoms with Gasteiger partial charge < -0.3 is 10.4 Å². The average molecular weight is 153 g/mol. The molecule has 0 aromatic heterocycles. The third-order valence-electron chi connectivity index (χ3n) is 2.17. The van der Waals surface area contributed by atoms with Gasteiger partial charge in [0, 0.05) is 0 Å². The Balaban J connectivity index is 2.05. The number of rotatable bonds is 3. The molecule has 2 unspecified atom stereocenters. The molecule has 62 valence electrons. The Morgan fingerprint density at radius 3 is 2.91 bits per heavy atom. The lowest BCUT2D eigenvalue weighted by atomic mass is 10.1. The van der Waals surface area contributed by atoms with E-state index in [1.54, 1.807) is 0 Å². The maximum absolute atomic E-state index is 9.19. The summed E-state index contributed by atoms with van der Waals surface area (Å²) in [5, 5.41) is 12.3. The van der Waals surface area contributed by atoms with Gasteiger partial charge in [0.1, 0.15) is 0 Å². The van der Waals surface area contributed by atoms with Gasteiger partial charge in [0.15, 0.2) is 0 Å². The molecule has 1 fully saturated rings. The van der Waals surface area contributed by atoms with E-state index < -0.39 is 0 Å². The summed E-state index contributed by atoms with van der Waals surface area (Å²) in [6.07, 6.45) is 8.06. The first kappa shape index (κ1) is 8.58. The van der Waals surface area contributed by atoms with Gasteiger partial charge in [-0.1, -0.05) is 5.92 Å². The summed E-state index contributed by atoms with van der Waals surface area (Å²) in [6, 6.07) is 0.